The van der Waals surface area contributed by atoms with Crippen LogP contribution < -0.4 is 5.32 Å². The molecule has 0 unspecified atom stereocenters. The Hall–Kier alpha value is -0.430. The zero-order valence-electron chi connectivity index (χ0n) is 10.2. The number of nitrogens with zero attached hydrogens (tertiary/aromatic N) is 3. The molecule has 0 amide bonds. The normalized spacial score (nSPS) is 18.2. The SMILES string of the molecule is CN1CCC(CCNc2ncncc2I)CC1. The summed E-state index contributed by atoms with van der Waals surface area (Å²) in [6.45, 7) is 3.51. The molecule has 1 aliphatic heterocycles. The van der Waals surface area contributed by atoms with Gasteiger partial charge in [0.25, 0.3) is 0 Å². The number of likely N-dealkylation sites (tertiary alicyclic amines) is 1. The average Bonchev–Trinajstić information content (AvgIpc) is 2.34. The molecule has 1 aromatic heterocycles. The van der Waals surface area contributed by atoms with Crippen molar-refractivity contribution < 1.29 is 0 Å². The third-order valence-corrected chi connectivity index (χ3v) is 4.14. The quantitative estimate of drug-likeness (QED) is 0.849. The molecule has 1 N–H and O–H groups in total. The summed E-state index contributed by atoms with van der Waals surface area (Å²) in [5.74, 6) is 1.84. The summed E-state index contributed by atoms with van der Waals surface area (Å²) in [5, 5.41) is 3.40. The number of hydrogen-bond acceptors (Lipinski definition) is 4. The first-order valence-electron chi connectivity index (χ1n) is 6.13. The fourth-order valence-electron chi connectivity index (χ4n) is 2.19. The predicted molar refractivity (Wildman–Crippen MR) is 78.1 cm³/mol. The molecule has 2 heterocycles. The smallest absolute Gasteiger partial charge is 0.142 e. The van der Waals surface area contributed by atoms with Gasteiger partial charge >= 0.3 is 0 Å². The van der Waals surface area contributed by atoms with Gasteiger partial charge in [-0.25, -0.2) is 9.97 Å². The second-order valence-electron chi connectivity index (χ2n) is 4.68. The molecule has 0 radical (unpaired) electrons. The van der Waals surface area contributed by atoms with Crippen molar-refractivity contribution >= 4 is 28.4 Å². The van der Waals surface area contributed by atoms with Crippen LogP contribution in [-0.4, -0.2) is 41.5 Å². The van der Waals surface area contributed by atoms with E-state index in [9.17, 15) is 0 Å². The van der Waals surface area contributed by atoms with Crippen LogP contribution in [0.5, 0.6) is 0 Å². The van der Waals surface area contributed by atoms with Crippen LogP contribution in [0, 0.1) is 9.49 Å². The Bertz CT molecular complexity index is 350. The number of nitrogens with one attached hydrogen (secondary N) is 1. The molecule has 1 aliphatic rings. The highest BCUT2D eigenvalue weighted by atomic mass is 127. The lowest BCUT2D eigenvalue weighted by Crippen LogP contribution is -2.30. The number of aromatic nitrogens is 2. The Balaban J connectivity index is 1.71. The zero-order valence-corrected chi connectivity index (χ0v) is 12.4. The first kappa shape index (κ1) is 13.0. The molecule has 2 rings (SSSR count). The Morgan fingerprint density at radius 3 is 2.94 bits per heavy atom. The van der Waals surface area contributed by atoms with Crippen LogP contribution in [0.2, 0.25) is 0 Å². The molecule has 0 spiro atoms. The molecule has 4 nitrogen and oxygen atoms in total. The van der Waals surface area contributed by atoms with Gasteiger partial charge < -0.3 is 10.2 Å². The topological polar surface area (TPSA) is 41.0 Å². The highest BCUT2D eigenvalue weighted by molar-refractivity contribution is 14.1. The van der Waals surface area contributed by atoms with E-state index in [-0.39, 0.29) is 0 Å². The van der Waals surface area contributed by atoms with E-state index < -0.39 is 0 Å². The van der Waals surface area contributed by atoms with Gasteiger partial charge in [-0.3, -0.25) is 0 Å². The number of halogens is 1. The molecule has 17 heavy (non-hydrogen) atoms. The molecular formula is C12H19IN4. The highest BCUT2D eigenvalue weighted by Crippen LogP contribution is 2.20. The van der Waals surface area contributed by atoms with Crippen LogP contribution in [0.1, 0.15) is 19.3 Å². The fraction of sp³-hybridized carbons (Fsp3) is 0.667. The van der Waals surface area contributed by atoms with Crippen LogP contribution in [-0.2, 0) is 0 Å². The minimum absolute atomic E-state index is 0.873. The Morgan fingerprint density at radius 2 is 2.24 bits per heavy atom. The van der Waals surface area contributed by atoms with Crippen molar-refractivity contribution in [3.63, 3.8) is 0 Å². The van der Waals surface area contributed by atoms with E-state index in [1.807, 2.05) is 6.20 Å². The van der Waals surface area contributed by atoms with Gasteiger partial charge in [0.05, 0.1) is 3.57 Å². The van der Waals surface area contributed by atoms with Crippen LogP contribution >= 0.6 is 22.6 Å². The Morgan fingerprint density at radius 1 is 1.47 bits per heavy atom. The predicted octanol–water partition coefficient (Wildman–Crippen LogP) is 2.22. The van der Waals surface area contributed by atoms with E-state index in [4.69, 9.17) is 0 Å². The fourth-order valence-corrected chi connectivity index (χ4v) is 2.68. The molecule has 1 aromatic rings. The number of hydrogen-bond donors (Lipinski definition) is 1. The van der Waals surface area contributed by atoms with Gasteiger partial charge in [-0.15, -0.1) is 0 Å². The molecule has 1 fully saturated rings. The van der Waals surface area contributed by atoms with Gasteiger partial charge in [-0.2, -0.15) is 0 Å². The lowest BCUT2D eigenvalue weighted by Gasteiger charge is -2.28. The molecule has 0 saturated carbocycles. The van der Waals surface area contributed by atoms with Gasteiger partial charge in [0.15, 0.2) is 0 Å². The zero-order chi connectivity index (χ0) is 12.1. The molecule has 0 bridgehead atoms. The monoisotopic (exact) mass is 346 g/mol. The van der Waals surface area contributed by atoms with Crippen LogP contribution in [0.15, 0.2) is 12.5 Å². The Labute approximate surface area is 116 Å². The van der Waals surface area contributed by atoms with Gasteiger partial charge in [-0.1, -0.05) is 0 Å². The number of anilines is 1. The number of rotatable bonds is 4. The summed E-state index contributed by atoms with van der Waals surface area (Å²) in [6, 6.07) is 0. The standard InChI is InChI=1S/C12H19IN4/c1-17-6-3-10(4-7-17)2-5-15-12-11(13)8-14-9-16-12/h8-10H,2-7H2,1H3,(H,14,15,16). The van der Waals surface area contributed by atoms with Crippen molar-refractivity contribution in [1.29, 1.82) is 0 Å². The maximum absolute atomic E-state index is 4.24. The number of piperidine rings is 1. The third kappa shape index (κ3) is 4.06. The van der Waals surface area contributed by atoms with E-state index in [1.165, 1.54) is 32.4 Å². The second kappa shape index (κ2) is 6.49. The molecule has 5 heteroatoms. The maximum Gasteiger partial charge on any atom is 0.142 e. The molecule has 1 saturated heterocycles. The lowest BCUT2D eigenvalue weighted by molar-refractivity contribution is 0.215. The molecule has 0 aromatic carbocycles. The summed E-state index contributed by atoms with van der Waals surface area (Å²) in [4.78, 5) is 10.6. The largest absolute Gasteiger partial charge is 0.369 e. The van der Waals surface area contributed by atoms with Crippen molar-refractivity contribution in [2.75, 3.05) is 32.0 Å². The second-order valence-corrected chi connectivity index (χ2v) is 5.84. The molecule has 94 valence electrons. The van der Waals surface area contributed by atoms with E-state index in [2.05, 4.69) is 49.8 Å². The summed E-state index contributed by atoms with van der Waals surface area (Å²) < 4.78 is 1.09. The molecular weight excluding hydrogens is 327 g/mol. The third-order valence-electron chi connectivity index (χ3n) is 3.35. The maximum atomic E-state index is 4.24. The van der Waals surface area contributed by atoms with Crippen molar-refractivity contribution in [2.45, 2.75) is 19.3 Å². The summed E-state index contributed by atoms with van der Waals surface area (Å²) in [5.41, 5.74) is 0. The van der Waals surface area contributed by atoms with Crippen LogP contribution in [0.4, 0.5) is 5.82 Å². The van der Waals surface area contributed by atoms with E-state index in [0.29, 0.717) is 0 Å². The summed E-state index contributed by atoms with van der Waals surface area (Å²) in [6.07, 6.45) is 7.34. The first-order valence-corrected chi connectivity index (χ1v) is 7.21. The van der Waals surface area contributed by atoms with Crippen molar-refractivity contribution in [3.05, 3.63) is 16.1 Å². The average molecular weight is 346 g/mol. The highest BCUT2D eigenvalue weighted by Gasteiger charge is 2.16. The minimum Gasteiger partial charge on any atom is -0.369 e. The van der Waals surface area contributed by atoms with Crippen molar-refractivity contribution in [2.24, 2.45) is 5.92 Å². The van der Waals surface area contributed by atoms with E-state index in [1.54, 1.807) is 6.33 Å². The van der Waals surface area contributed by atoms with Crippen molar-refractivity contribution in [1.82, 2.24) is 14.9 Å². The molecule has 0 aliphatic carbocycles. The van der Waals surface area contributed by atoms with Gasteiger partial charge in [-0.05, 0) is 67.9 Å². The summed E-state index contributed by atoms with van der Waals surface area (Å²) >= 11 is 2.26. The summed E-state index contributed by atoms with van der Waals surface area (Å²) in [7, 11) is 2.21. The van der Waals surface area contributed by atoms with Gasteiger partial charge in [0.1, 0.15) is 12.1 Å². The molecule has 0 atom stereocenters. The van der Waals surface area contributed by atoms with E-state index >= 15 is 0 Å². The minimum atomic E-state index is 0.873. The van der Waals surface area contributed by atoms with E-state index in [0.717, 1.165) is 21.9 Å². The first-order chi connectivity index (χ1) is 8.25. The lowest BCUT2D eigenvalue weighted by atomic mass is 9.94. The van der Waals surface area contributed by atoms with Crippen LogP contribution in [0.25, 0.3) is 0 Å². The van der Waals surface area contributed by atoms with Gasteiger partial charge in [0, 0.05) is 12.7 Å². The van der Waals surface area contributed by atoms with Crippen LogP contribution in [0.3, 0.4) is 0 Å². The van der Waals surface area contributed by atoms with Crippen molar-refractivity contribution in [3.8, 4) is 0 Å². The Kier molecular flexibility index (Phi) is 4.97. The van der Waals surface area contributed by atoms with Gasteiger partial charge in [0.2, 0.25) is 0 Å².